The van der Waals surface area contributed by atoms with Crippen LogP contribution in [0, 0.1) is 5.41 Å². The van der Waals surface area contributed by atoms with Crippen molar-refractivity contribution in [2.24, 2.45) is 5.41 Å². The molecule has 0 atom stereocenters. The van der Waals surface area contributed by atoms with E-state index in [0.29, 0.717) is 26.2 Å². The zero-order valence-corrected chi connectivity index (χ0v) is 10.5. The molecular formula is C12H23NO4. The van der Waals surface area contributed by atoms with Gasteiger partial charge < -0.3 is 19.9 Å². The fraction of sp³-hybridized carbons (Fsp3) is 0.917. The summed E-state index contributed by atoms with van der Waals surface area (Å²) in [6.07, 6.45) is 2.95. The minimum atomic E-state index is -0.657. The van der Waals surface area contributed by atoms with Crippen LogP contribution < -0.4 is 5.32 Å². The highest BCUT2D eigenvalue weighted by Gasteiger charge is 2.38. The van der Waals surface area contributed by atoms with Crippen LogP contribution in [0.5, 0.6) is 0 Å². The summed E-state index contributed by atoms with van der Waals surface area (Å²) in [5, 5.41) is 12.5. The maximum Gasteiger partial charge on any atom is 0.309 e. The molecule has 0 aliphatic carbocycles. The molecule has 1 fully saturated rings. The molecule has 0 unspecified atom stereocenters. The number of methoxy groups -OCH3 is 1. The molecular weight excluding hydrogens is 222 g/mol. The summed E-state index contributed by atoms with van der Waals surface area (Å²) < 4.78 is 10.2. The van der Waals surface area contributed by atoms with Gasteiger partial charge >= 0.3 is 5.97 Å². The molecule has 1 rings (SSSR count). The Kier molecular flexibility index (Phi) is 6.47. The summed E-state index contributed by atoms with van der Waals surface area (Å²) in [6, 6.07) is 0. The first-order valence-electron chi connectivity index (χ1n) is 6.22. The van der Waals surface area contributed by atoms with Crippen molar-refractivity contribution in [3.8, 4) is 0 Å². The van der Waals surface area contributed by atoms with E-state index in [4.69, 9.17) is 9.47 Å². The monoisotopic (exact) mass is 245 g/mol. The van der Waals surface area contributed by atoms with Crippen LogP contribution in [-0.2, 0) is 14.3 Å². The van der Waals surface area contributed by atoms with Crippen molar-refractivity contribution in [3.63, 3.8) is 0 Å². The Bertz CT molecular complexity index is 227. The van der Waals surface area contributed by atoms with Crippen LogP contribution in [0.15, 0.2) is 0 Å². The number of rotatable bonds is 8. The van der Waals surface area contributed by atoms with E-state index < -0.39 is 11.4 Å². The molecule has 5 heteroatoms. The highest BCUT2D eigenvalue weighted by Crippen LogP contribution is 2.34. The van der Waals surface area contributed by atoms with Crippen LogP contribution in [-0.4, -0.2) is 51.1 Å². The Labute approximate surface area is 102 Å². The first-order valence-corrected chi connectivity index (χ1v) is 6.22. The molecule has 1 saturated heterocycles. The molecule has 0 amide bonds. The topological polar surface area (TPSA) is 67.8 Å². The molecule has 0 aromatic rings. The molecule has 0 aromatic heterocycles. The Morgan fingerprint density at radius 1 is 1.29 bits per heavy atom. The molecule has 17 heavy (non-hydrogen) atoms. The zero-order valence-electron chi connectivity index (χ0n) is 10.5. The van der Waals surface area contributed by atoms with Gasteiger partial charge in [0.1, 0.15) is 0 Å². The fourth-order valence-electron chi connectivity index (χ4n) is 2.23. The maximum absolute atomic E-state index is 11.4. The number of hydrogen-bond acceptors (Lipinski definition) is 4. The first kappa shape index (κ1) is 14.4. The predicted octanol–water partition coefficient (Wildman–Crippen LogP) is 0.884. The van der Waals surface area contributed by atoms with E-state index in [1.54, 1.807) is 7.11 Å². The van der Waals surface area contributed by atoms with Gasteiger partial charge in [0, 0.05) is 13.7 Å². The summed E-state index contributed by atoms with van der Waals surface area (Å²) in [7, 11) is 1.64. The average Bonchev–Trinajstić information content (AvgIpc) is 2.34. The maximum atomic E-state index is 11.4. The summed E-state index contributed by atoms with van der Waals surface area (Å²) in [5.74, 6) is -0.657. The van der Waals surface area contributed by atoms with Gasteiger partial charge in [0.05, 0.1) is 18.6 Å². The van der Waals surface area contributed by atoms with Gasteiger partial charge in [-0.3, -0.25) is 4.79 Å². The molecule has 5 nitrogen and oxygen atoms in total. The number of ether oxygens (including phenoxy) is 2. The van der Waals surface area contributed by atoms with Crippen LogP contribution in [0.4, 0.5) is 0 Å². The number of carbonyl (C=O) groups is 1. The minimum absolute atomic E-state index is 0.532. The molecule has 100 valence electrons. The van der Waals surface area contributed by atoms with Crippen molar-refractivity contribution >= 4 is 5.97 Å². The van der Waals surface area contributed by atoms with Crippen molar-refractivity contribution in [2.75, 3.05) is 40.0 Å². The average molecular weight is 245 g/mol. The van der Waals surface area contributed by atoms with E-state index in [-0.39, 0.29) is 0 Å². The Balaban J connectivity index is 2.23. The molecule has 1 aliphatic heterocycles. The third kappa shape index (κ3) is 4.61. The van der Waals surface area contributed by atoms with Gasteiger partial charge in [-0.15, -0.1) is 0 Å². The van der Waals surface area contributed by atoms with Crippen LogP contribution in [0.3, 0.4) is 0 Å². The standard InChI is InChI=1S/C12H23NO4/c1-16-9-10-17-8-2-3-12(11(14)15)4-6-13-7-5-12/h13H,2-10H2,1H3,(H,14,15). The molecule has 0 saturated carbocycles. The third-order valence-corrected chi connectivity index (χ3v) is 3.39. The van der Waals surface area contributed by atoms with Crippen LogP contribution in [0.1, 0.15) is 25.7 Å². The van der Waals surface area contributed by atoms with Gasteiger partial charge in [-0.25, -0.2) is 0 Å². The number of nitrogens with one attached hydrogen (secondary N) is 1. The van der Waals surface area contributed by atoms with Gasteiger partial charge in [-0.2, -0.15) is 0 Å². The van der Waals surface area contributed by atoms with E-state index in [9.17, 15) is 9.90 Å². The number of carboxylic acids is 1. The Morgan fingerprint density at radius 2 is 2.00 bits per heavy atom. The lowest BCUT2D eigenvalue weighted by Crippen LogP contribution is -2.42. The van der Waals surface area contributed by atoms with E-state index in [1.165, 1.54) is 0 Å². The van der Waals surface area contributed by atoms with Gasteiger partial charge in [0.25, 0.3) is 0 Å². The summed E-state index contributed by atoms with van der Waals surface area (Å²) >= 11 is 0. The molecule has 0 spiro atoms. The van der Waals surface area contributed by atoms with Crippen LogP contribution in [0.2, 0.25) is 0 Å². The summed E-state index contributed by atoms with van der Waals surface area (Å²) in [6.45, 7) is 3.39. The van der Waals surface area contributed by atoms with E-state index in [0.717, 1.165) is 32.4 Å². The molecule has 1 aliphatic rings. The van der Waals surface area contributed by atoms with Crippen molar-refractivity contribution in [3.05, 3.63) is 0 Å². The second-order valence-corrected chi connectivity index (χ2v) is 4.54. The smallest absolute Gasteiger partial charge is 0.309 e. The van der Waals surface area contributed by atoms with Crippen molar-refractivity contribution in [1.82, 2.24) is 5.32 Å². The lowest BCUT2D eigenvalue weighted by atomic mass is 9.75. The van der Waals surface area contributed by atoms with Gasteiger partial charge in [0.2, 0.25) is 0 Å². The largest absolute Gasteiger partial charge is 0.481 e. The van der Waals surface area contributed by atoms with Crippen molar-refractivity contribution < 1.29 is 19.4 Å². The number of aliphatic carboxylic acids is 1. The fourth-order valence-corrected chi connectivity index (χ4v) is 2.23. The van der Waals surface area contributed by atoms with Crippen LogP contribution in [0.25, 0.3) is 0 Å². The predicted molar refractivity (Wildman–Crippen MR) is 64.1 cm³/mol. The van der Waals surface area contributed by atoms with Crippen molar-refractivity contribution in [2.45, 2.75) is 25.7 Å². The van der Waals surface area contributed by atoms with Crippen LogP contribution >= 0.6 is 0 Å². The second kappa shape index (κ2) is 7.63. The zero-order chi connectivity index (χ0) is 12.6. The lowest BCUT2D eigenvalue weighted by molar-refractivity contribution is -0.151. The SMILES string of the molecule is COCCOCCCC1(C(=O)O)CCNCC1. The van der Waals surface area contributed by atoms with E-state index in [2.05, 4.69) is 5.32 Å². The van der Waals surface area contributed by atoms with Gasteiger partial charge in [-0.05, 0) is 38.8 Å². The molecule has 2 N–H and O–H groups in total. The highest BCUT2D eigenvalue weighted by atomic mass is 16.5. The normalized spacial score (nSPS) is 19.1. The number of piperidine rings is 1. The Morgan fingerprint density at radius 3 is 2.59 bits per heavy atom. The summed E-state index contributed by atoms with van der Waals surface area (Å²) in [5.41, 5.74) is -0.532. The number of hydrogen-bond donors (Lipinski definition) is 2. The quantitative estimate of drug-likeness (QED) is 0.621. The highest BCUT2D eigenvalue weighted by molar-refractivity contribution is 5.74. The van der Waals surface area contributed by atoms with E-state index >= 15 is 0 Å². The number of carboxylic acid groups (broad SMARTS) is 1. The molecule has 1 heterocycles. The second-order valence-electron chi connectivity index (χ2n) is 4.54. The molecule has 0 bridgehead atoms. The Hall–Kier alpha value is -0.650. The van der Waals surface area contributed by atoms with Gasteiger partial charge in [-0.1, -0.05) is 0 Å². The first-order chi connectivity index (χ1) is 8.21. The van der Waals surface area contributed by atoms with Gasteiger partial charge in [0.15, 0.2) is 0 Å². The molecule has 0 radical (unpaired) electrons. The summed E-state index contributed by atoms with van der Waals surface area (Å²) in [4.78, 5) is 11.4. The lowest BCUT2D eigenvalue weighted by Gasteiger charge is -2.33. The van der Waals surface area contributed by atoms with E-state index in [1.807, 2.05) is 0 Å². The molecule has 0 aromatic carbocycles. The minimum Gasteiger partial charge on any atom is -0.481 e. The van der Waals surface area contributed by atoms with Crippen molar-refractivity contribution in [1.29, 1.82) is 0 Å². The third-order valence-electron chi connectivity index (χ3n) is 3.39.